The largest absolute Gasteiger partial charge is 0.351 e. The summed E-state index contributed by atoms with van der Waals surface area (Å²) in [5.41, 5.74) is 3.27. The Hall–Kier alpha value is -2.80. The number of nitrogens with one attached hydrogen (secondary N) is 2. The van der Waals surface area contributed by atoms with Crippen molar-refractivity contribution in [3.05, 3.63) is 69.2 Å². The minimum atomic E-state index is -0.0767. The highest BCUT2D eigenvalue weighted by molar-refractivity contribution is 9.10. The number of para-hydroxylation sites is 2. The van der Waals surface area contributed by atoms with Crippen LogP contribution >= 0.6 is 15.9 Å². The number of fused-ring (bicyclic) bond motifs is 2. The van der Waals surface area contributed by atoms with Crippen molar-refractivity contribution in [3.63, 3.8) is 0 Å². The molecule has 1 fully saturated rings. The fourth-order valence-electron chi connectivity index (χ4n) is 4.15. The molecule has 1 amide bonds. The van der Waals surface area contributed by atoms with Crippen molar-refractivity contribution >= 4 is 43.8 Å². The zero-order chi connectivity index (χ0) is 19.3. The van der Waals surface area contributed by atoms with E-state index in [1.165, 1.54) is 0 Å². The molecule has 0 unspecified atom stereocenters. The van der Waals surface area contributed by atoms with Gasteiger partial charge in [-0.1, -0.05) is 28.1 Å². The normalized spacial score (nSPS) is 15.5. The molecular formula is C21H19BrN4O2. The van der Waals surface area contributed by atoms with Gasteiger partial charge in [0.2, 0.25) is 0 Å². The van der Waals surface area contributed by atoms with Gasteiger partial charge >= 0.3 is 5.69 Å². The lowest BCUT2D eigenvalue weighted by Gasteiger charge is -2.32. The Morgan fingerprint density at radius 1 is 1.00 bits per heavy atom. The molecule has 6 nitrogen and oxygen atoms in total. The molecule has 2 aromatic carbocycles. The van der Waals surface area contributed by atoms with Gasteiger partial charge in [0, 0.05) is 34.5 Å². The number of H-pyrrole nitrogens is 2. The molecular weight excluding hydrogens is 420 g/mol. The van der Waals surface area contributed by atoms with Crippen LogP contribution in [0.3, 0.4) is 0 Å². The van der Waals surface area contributed by atoms with E-state index in [1.54, 1.807) is 0 Å². The molecule has 5 rings (SSSR count). The fraction of sp³-hybridized carbons (Fsp3) is 0.238. The Morgan fingerprint density at radius 2 is 1.79 bits per heavy atom. The second-order valence-electron chi connectivity index (χ2n) is 7.26. The molecule has 0 aliphatic carbocycles. The molecule has 1 saturated heterocycles. The van der Waals surface area contributed by atoms with Crippen LogP contribution in [0.4, 0.5) is 0 Å². The van der Waals surface area contributed by atoms with Gasteiger partial charge in [0.1, 0.15) is 5.69 Å². The molecule has 4 aromatic rings. The van der Waals surface area contributed by atoms with E-state index >= 15 is 0 Å². The number of halogens is 1. The number of imidazole rings is 1. The maximum absolute atomic E-state index is 12.9. The molecule has 0 bridgehead atoms. The Balaban J connectivity index is 1.35. The van der Waals surface area contributed by atoms with Gasteiger partial charge in [-0.15, -0.1) is 0 Å². The average Bonchev–Trinajstić information content (AvgIpc) is 3.27. The predicted octanol–water partition coefficient (Wildman–Crippen LogP) is 4.05. The number of benzene rings is 2. The number of nitrogens with zero attached hydrogens (tertiary/aromatic N) is 2. The number of hydrogen-bond donors (Lipinski definition) is 2. The first kappa shape index (κ1) is 17.3. The summed E-state index contributed by atoms with van der Waals surface area (Å²) in [5.74, 6) is 0.0112. The summed E-state index contributed by atoms with van der Waals surface area (Å²) in [4.78, 5) is 33.4. The number of rotatable bonds is 2. The van der Waals surface area contributed by atoms with E-state index < -0.39 is 0 Å². The van der Waals surface area contributed by atoms with Crippen molar-refractivity contribution < 1.29 is 4.79 Å². The lowest BCUT2D eigenvalue weighted by atomic mass is 10.0. The van der Waals surface area contributed by atoms with Crippen LogP contribution in [0.1, 0.15) is 29.4 Å². The van der Waals surface area contributed by atoms with Crippen LogP contribution in [0.25, 0.3) is 21.9 Å². The number of amides is 1. The third-order valence-corrected chi connectivity index (χ3v) is 6.05. The van der Waals surface area contributed by atoms with Crippen molar-refractivity contribution in [3.8, 4) is 0 Å². The predicted molar refractivity (Wildman–Crippen MR) is 113 cm³/mol. The maximum Gasteiger partial charge on any atom is 0.326 e. The summed E-state index contributed by atoms with van der Waals surface area (Å²) in [6, 6.07) is 15.7. The van der Waals surface area contributed by atoms with E-state index in [2.05, 4.69) is 25.9 Å². The van der Waals surface area contributed by atoms with Crippen molar-refractivity contribution in [2.45, 2.75) is 18.9 Å². The number of aromatic amines is 2. The second kappa shape index (κ2) is 6.67. The maximum atomic E-state index is 12.9. The molecule has 7 heteroatoms. The third kappa shape index (κ3) is 2.86. The van der Waals surface area contributed by atoms with Gasteiger partial charge in [0.05, 0.1) is 11.0 Å². The summed E-state index contributed by atoms with van der Waals surface area (Å²) < 4.78 is 2.83. The highest BCUT2D eigenvalue weighted by Gasteiger charge is 2.27. The van der Waals surface area contributed by atoms with Crippen molar-refractivity contribution in [1.82, 2.24) is 19.4 Å². The highest BCUT2D eigenvalue weighted by Crippen LogP contribution is 2.27. The number of aromatic nitrogens is 3. The van der Waals surface area contributed by atoms with Gasteiger partial charge in [-0.25, -0.2) is 4.79 Å². The first-order chi connectivity index (χ1) is 13.6. The SMILES string of the molecule is O=C(c1cc2cc(Br)ccc2[nH]1)N1CCC(n2c(=O)[nH]c3ccccc32)CC1. The van der Waals surface area contributed by atoms with Crippen LogP contribution in [-0.4, -0.2) is 38.4 Å². The van der Waals surface area contributed by atoms with E-state index in [1.807, 2.05) is 58.0 Å². The molecule has 1 aliphatic rings. The topological polar surface area (TPSA) is 73.9 Å². The Kier molecular flexibility index (Phi) is 4.12. The average molecular weight is 439 g/mol. The number of likely N-dealkylation sites (tertiary alicyclic amines) is 1. The summed E-state index contributed by atoms with van der Waals surface area (Å²) in [6.07, 6.45) is 1.53. The third-order valence-electron chi connectivity index (χ3n) is 5.55. The molecule has 28 heavy (non-hydrogen) atoms. The standard InChI is InChI=1S/C21H19BrN4O2/c22-14-5-6-16-13(11-14)12-18(23-16)20(27)25-9-7-15(8-10-25)26-19-4-2-1-3-17(19)24-21(26)28/h1-6,11-12,15,23H,7-10H2,(H,24,28). The van der Waals surface area contributed by atoms with Gasteiger partial charge in [0.25, 0.3) is 5.91 Å². The molecule has 0 radical (unpaired) electrons. The number of carbonyl (C=O) groups is 1. The van der Waals surface area contributed by atoms with Gasteiger partial charge < -0.3 is 14.9 Å². The lowest BCUT2D eigenvalue weighted by molar-refractivity contribution is 0.0690. The quantitative estimate of drug-likeness (QED) is 0.495. The van der Waals surface area contributed by atoms with E-state index in [-0.39, 0.29) is 17.6 Å². The molecule has 0 saturated carbocycles. The summed E-state index contributed by atoms with van der Waals surface area (Å²) in [7, 11) is 0. The van der Waals surface area contributed by atoms with Crippen molar-refractivity contribution in [2.75, 3.05) is 13.1 Å². The highest BCUT2D eigenvalue weighted by atomic mass is 79.9. The number of piperidine rings is 1. The van der Waals surface area contributed by atoms with E-state index in [0.29, 0.717) is 18.8 Å². The van der Waals surface area contributed by atoms with E-state index in [0.717, 1.165) is 39.3 Å². The van der Waals surface area contributed by atoms with E-state index in [4.69, 9.17) is 0 Å². The minimum Gasteiger partial charge on any atom is -0.351 e. The molecule has 0 atom stereocenters. The van der Waals surface area contributed by atoms with E-state index in [9.17, 15) is 9.59 Å². The van der Waals surface area contributed by atoms with Gasteiger partial charge in [-0.3, -0.25) is 9.36 Å². The Labute approximate surface area is 169 Å². The molecule has 2 N–H and O–H groups in total. The van der Waals surface area contributed by atoms with Crippen LogP contribution in [0.2, 0.25) is 0 Å². The van der Waals surface area contributed by atoms with Crippen LogP contribution in [0.15, 0.2) is 57.8 Å². The first-order valence-electron chi connectivity index (χ1n) is 9.37. The Bertz CT molecular complexity index is 1240. The molecule has 142 valence electrons. The van der Waals surface area contributed by atoms with Crippen LogP contribution in [-0.2, 0) is 0 Å². The molecule has 2 aromatic heterocycles. The monoisotopic (exact) mass is 438 g/mol. The van der Waals surface area contributed by atoms with Gasteiger partial charge in [-0.05, 0) is 49.2 Å². The molecule has 1 aliphatic heterocycles. The smallest absolute Gasteiger partial charge is 0.326 e. The van der Waals surface area contributed by atoms with Crippen molar-refractivity contribution in [2.24, 2.45) is 0 Å². The molecule has 3 heterocycles. The van der Waals surface area contributed by atoms with Crippen LogP contribution in [0.5, 0.6) is 0 Å². The lowest BCUT2D eigenvalue weighted by Crippen LogP contribution is -2.40. The number of hydrogen-bond acceptors (Lipinski definition) is 2. The Morgan fingerprint density at radius 3 is 2.61 bits per heavy atom. The summed E-state index contributed by atoms with van der Waals surface area (Å²) in [6.45, 7) is 1.27. The van der Waals surface area contributed by atoms with Crippen LogP contribution in [0, 0.1) is 0 Å². The first-order valence-corrected chi connectivity index (χ1v) is 10.2. The zero-order valence-corrected chi connectivity index (χ0v) is 16.7. The van der Waals surface area contributed by atoms with Crippen molar-refractivity contribution in [1.29, 1.82) is 0 Å². The summed E-state index contributed by atoms with van der Waals surface area (Å²) in [5, 5.41) is 1.01. The zero-order valence-electron chi connectivity index (χ0n) is 15.1. The fourth-order valence-corrected chi connectivity index (χ4v) is 4.53. The van der Waals surface area contributed by atoms with Gasteiger partial charge in [-0.2, -0.15) is 0 Å². The number of carbonyl (C=O) groups excluding carboxylic acids is 1. The van der Waals surface area contributed by atoms with Crippen LogP contribution < -0.4 is 5.69 Å². The second-order valence-corrected chi connectivity index (χ2v) is 8.17. The minimum absolute atomic E-state index is 0.0112. The van der Waals surface area contributed by atoms with Gasteiger partial charge in [0.15, 0.2) is 0 Å². The molecule has 0 spiro atoms. The summed E-state index contributed by atoms with van der Waals surface area (Å²) >= 11 is 3.46.